The Bertz CT molecular complexity index is 1630. The number of amides is 1. The van der Waals surface area contributed by atoms with Crippen LogP contribution < -0.4 is 20.5 Å². The predicted octanol–water partition coefficient (Wildman–Crippen LogP) is 6.05. The fourth-order valence-electron chi connectivity index (χ4n) is 6.47. The third-order valence-electron chi connectivity index (χ3n) is 9.17. The van der Waals surface area contributed by atoms with E-state index in [0.29, 0.717) is 24.2 Å². The third-order valence-corrected chi connectivity index (χ3v) is 9.17. The fraction of sp³-hybridized carbons (Fsp3) is 0.378. The van der Waals surface area contributed by atoms with Gasteiger partial charge in [-0.1, -0.05) is 12.1 Å². The van der Waals surface area contributed by atoms with E-state index in [0.717, 1.165) is 66.9 Å². The topological polar surface area (TPSA) is 90.6 Å². The molecule has 4 aromatic rings. The predicted molar refractivity (Wildman–Crippen MR) is 181 cm³/mol. The highest BCUT2D eigenvalue weighted by Crippen LogP contribution is 2.29. The number of carbonyl (C=O) groups is 1. The molecular formula is C37H45N5O3. The van der Waals surface area contributed by atoms with E-state index in [9.17, 15) is 9.59 Å². The molecule has 3 heterocycles. The molecule has 0 spiro atoms. The number of H-pyrrole nitrogens is 1. The van der Waals surface area contributed by atoms with E-state index in [2.05, 4.69) is 57.1 Å². The summed E-state index contributed by atoms with van der Waals surface area (Å²) >= 11 is 0. The average Bonchev–Trinajstić information content (AvgIpc) is 3.04. The smallest absolute Gasteiger partial charge is 0.251 e. The van der Waals surface area contributed by atoms with Crippen LogP contribution in [0.15, 0.2) is 78.0 Å². The first kappa shape index (κ1) is 32.0. The summed E-state index contributed by atoms with van der Waals surface area (Å²) in [7, 11) is 1.70. The number of hydrogen-bond acceptors (Lipinski definition) is 6. The number of ether oxygens (including phenoxy) is 1. The summed E-state index contributed by atoms with van der Waals surface area (Å²) < 4.78 is 5.41. The van der Waals surface area contributed by atoms with Crippen molar-refractivity contribution in [3.8, 4) is 16.9 Å². The van der Waals surface area contributed by atoms with Crippen LogP contribution in [0.3, 0.4) is 0 Å². The molecule has 236 valence electrons. The number of rotatable bonds is 11. The lowest BCUT2D eigenvalue weighted by Crippen LogP contribution is -2.48. The van der Waals surface area contributed by atoms with Crippen LogP contribution in [0.5, 0.6) is 5.75 Å². The Labute approximate surface area is 266 Å². The number of carbonyl (C=O) groups excluding carboxylic acids is 1. The molecule has 8 heteroatoms. The van der Waals surface area contributed by atoms with Crippen LogP contribution >= 0.6 is 0 Å². The number of aromatic nitrogens is 2. The fourth-order valence-corrected chi connectivity index (χ4v) is 6.47. The van der Waals surface area contributed by atoms with Crippen LogP contribution in [0.25, 0.3) is 11.1 Å². The number of nitrogens with zero attached hydrogens (tertiary/aromatic N) is 3. The van der Waals surface area contributed by atoms with Crippen LogP contribution in [0.1, 0.15) is 58.8 Å². The van der Waals surface area contributed by atoms with E-state index in [1.54, 1.807) is 19.4 Å². The van der Waals surface area contributed by atoms with E-state index in [1.807, 2.05) is 56.6 Å². The molecule has 1 amide bonds. The lowest BCUT2D eigenvalue weighted by molar-refractivity contribution is 0.0944. The minimum absolute atomic E-state index is 0.0470. The molecule has 1 aliphatic heterocycles. The second-order valence-electron chi connectivity index (χ2n) is 12.2. The molecular weight excluding hydrogens is 562 g/mol. The Morgan fingerprint density at radius 3 is 2.38 bits per heavy atom. The van der Waals surface area contributed by atoms with Crippen molar-refractivity contribution in [2.24, 2.45) is 0 Å². The van der Waals surface area contributed by atoms with Gasteiger partial charge in [0.1, 0.15) is 5.75 Å². The average molecular weight is 608 g/mol. The van der Waals surface area contributed by atoms with Crippen LogP contribution in [-0.2, 0) is 6.54 Å². The number of nitrogens with one attached hydrogen (secondary N) is 2. The van der Waals surface area contributed by atoms with Gasteiger partial charge in [0.2, 0.25) is 5.56 Å². The number of benzene rings is 2. The normalized spacial score (nSPS) is 14.6. The summed E-state index contributed by atoms with van der Waals surface area (Å²) in [5, 5.41) is 3.16. The Hall–Kier alpha value is -4.43. The summed E-state index contributed by atoms with van der Waals surface area (Å²) in [6.45, 7) is 11.8. The first-order valence-electron chi connectivity index (χ1n) is 15.9. The minimum Gasteiger partial charge on any atom is -0.497 e. The van der Waals surface area contributed by atoms with Gasteiger partial charge in [-0.05, 0) is 117 Å². The zero-order valence-corrected chi connectivity index (χ0v) is 27.1. The van der Waals surface area contributed by atoms with Crippen molar-refractivity contribution in [2.75, 3.05) is 31.6 Å². The molecule has 2 N–H and O–H groups in total. The van der Waals surface area contributed by atoms with Crippen LogP contribution in [-0.4, -0.2) is 59.6 Å². The molecule has 45 heavy (non-hydrogen) atoms. The third kappa shape index (κ3) is 7.81. The second-order valence-corrected chi connectivity index (χ2v) is 12.2. The summed E-state index contributed by atoms with van der Waals surface area (Å²) in [4.78, 5) is 37.1. The molecule has 2 aromatic carbocycles. The van der Waals surface area contributed by atoms with Gasteiger partial charge in [0.25, 0.3) is 5.91 Å². The highest BCUT2D eigenvalue weighted by Gasteiger charge is 2.28. The number of hydrogen-bond donors (Lipinski definition) is 2. The summed E-state index contributed by atoms with van der Waals surface area (Å²) in [6.07, 6.45) is 8.51. The second kappa shape index (κ2) is 14.6. The molecule has 1 atom stereocenters. The molecule has 1 aliphatic rings. The molecule has 5 rings (SSSR count). The van der Waals surface area contributed by atoms with Gasteiger partial charge in [0, 0.05) is 74.2 Å². The van der Waals surface area contributed by atoms with Crippen molar-refractivity contribution in [3.05, 3.63) is 111 Å². The van der Waals surface area contributed by atoms with E-state index in [4.69, 9.17) is 4.74 Å². The van der Waals surface area contributed by atoms with Crippen LogP contribution in [0, 0.1) is 20.8 Å². The standard InChI is InChI=1S/C37H45N5O3/c1-25-10-15-38-23-31(25)24-42(32-6-8-34(45-5)9-7-32)33-13-18-41(19-14-33)28(4)11-16-40-37(44)36-26(2)20-30(21-27(36)3)29-12-17-39-35(43)22-29/h6-10,12,15,17,20-23,28,33H,11,13-14,16,18-19,24H2,1-5H3,(H,39,43)(H,40,44)/t28-/m1/s1. The van der Waals surface area contributed by atoms with Gasteiger partial charge in [-0.25, -0.2) is 0 Å². The molecule has 1 saturated heterocycles. The highest BCUT2D eigenvalue weighted by atomic mass is 16.5. The van der Waals surface area contributed by atoms with Crippen molar-refractivity contribution >= 4 is 11.6 Å². The van der Waals surface area contributed by atoms with E-state index in [-0.39, 0.29) is 11.5 Å². The lowest BCUT2D eigenvalue weighted by atomic mass is 9.95. The van der Waals surface area contributed by atoms with Gasteiger partial charge >= 0.3 is 0 Å². The number of methoxy groups -OCH3 is 1. The van der Waals surface area contributed by atoms with Gasteiger partial charge in [-0.3, -0.25) is 14.6 Å². The minimum atomic E-state index is -0.141. The lowest BCUT2D eigenvalue weighted by Gasteiger charge is -2.42. The zero-order valence-electron chi connectivity index (χ0n) is 27.1. The maximum absolute atomic E-state index is 13.2. The van der Waals surface area contributed by atoms with Gasteiger partial charge < -0.3 is 24.8 Å². The quantitative estimate of drug-likeness (QED) is 0.216. The number of aryl methyl sites for hydroxylation is 3. The molecule has 0 aliphatic carbocycles. The molecule has 0 radical (unpaired) electrons. The van der Waals surface area contributed by atoms with E-state index < -0.39 is 0 Å². The van der Waals surface area contributed by atoms with Crippen molar-refractivity contribution in [1.82, 2.24) is 20.2 Å². The molecule has 2 aromatic heterocycles. The van der Waals surface area contributed by atoms with Crippen LogP contribution in [0.4, 0.5) is 5.69 Å². The van der Waals surface area contributed by atoms with Crippen molar-refractivity contribution < 1.29 is 9.53 Å². The highest BCUT2D eigenvalue weighted by molar-refractivity contribution is 5.97. The SMILES string of the molecule is COc1ccc(N(Cc2cnccc2C)C2CCN([C@H](C)CCNC(=O)c3c(C)cc(-c4cc[nH]c(=O)c4)cc3C)CC2)cc1. The first-order valence-corrected chi connectivity index (χ1v) is 15.9. The molecule has 0 saturated carbocycles. The monoisotopic (exact) mass is 607 g/mol. The first-order chi connectivity index (χ1) is 21.7. The van der Waals surface area contributed by atoms with Crippen molar-refractivity contribution in [3.63, 3.8) is 0 Å². The maximum atomic E-state index is 13.2. The largest absolute Gasteiger partial charge is 0.497 e. The summed E-state index contributed by atoms with van der Waals surface area (Å²) in [5.41, 5.74) is 7.85. The van der Waals surface area contributed by atoms with Gasteiger partial charge in [0.15, 0.2) is 0 Å². The summed E-state index contributed by atoms with van der Waals surface area (Å²) in [5.74, 6) is 0.813. The van der Waals surface area contributed by atoms with Gasteiger partial charge in [-0.15, -0.1) is 0 Å². The Morgan fingerprint density at radius 1 is 1.02 bits per heavy atom. The molecule has 8 nitrogen and oxygen atoms in total. The number of anilines is 1. The Kier molecular flexibility index (Phi) is 10.4. The summed E-state index contributed by atoms with van der Waals surface area (Å²) in [6, 6.07) is 18.7. The number of pyridine rings is 2. The molecule has 0 bridgehead atoms. The number of piperidine rings is 1. The zero-order chi connectivity index (χ0) is 31.9. The Morgan fingerprint density at radius 2 is 1.73 bits per heavy atom. The number of likely N-dealkylation sites (tertiary alicyclic amines) is 1. The van der Waals surface area contributed by atoms with Crippen LogP contribution in [0.2, 0.25) is 0 Å². The number of aromatic amines is 1. The van der Waals surface area contributed by atoms with Crippen molar-refractivity contribution in [2.45, 2.75) is 65.6 Å². The molecule has 0 unspecified atom stereocenters. The van der Waals surface area contributed by atoms with Gasteiger partial charge in [0.05, 0.1) is 7.11 Å². The van der Waals surface area contributed by atoms with Crippen molar-refractivity contribution in [1.29, 1.82) is 0 Å². The van der Waals surface area contributed by atoms with E-state index >= 15 is 0 Å². The van der Waals surface area contributed by atoms with E-state index in [1.165, 1.54) is 16.8 Å². The maximum Gasteiger partial charge on any atom is 0.251 e. The van der Waals surface area contributed by atoms with Gasteiger partial charge in [-0.2, -0.15) is 0 Å². The molecule has 1 fully saturated rings. The Balaban J connectivity index is 1.16.